The van der Waals surface area contributed by atoms with Gasteiger partial charge < -0.3 is 15.4 Å². The zero-order chi connectivity index (χ0) is 27.4. The second kappa shape index (κ2) is 11.3. The number of carbonyl (C=O) groups excluding carboxylic acids is 2. The average molecular weight is 548 g/mol. The summed E-state index contributed by atoms with van der Waals surface area (Å²) < 4.78 is 47.1. The molecule has 1 atom stereocenters. The largest absolute Gasteiger partial charge is 0.378 e. The van der Waals surface area contributed by atoms with E-state index in [1.54, 1.807) is 30.3 Å². The van der Waals surface area contributed by atoms with Gasteiger partial charge in [-0.25, -0.2) is 17.5 Å². The number of anilines is 1. The van der Waals surface area contributed by atoms with Crippen LogP contribution in [0.2, 0.25) is 0 Å². The molecule has 1 aliphatic heterocycles. The smallest absolute Gasteiger partial charge is 0.251 e. The van der Waals surface area contributed by atoms with Crippen LogP contribution >= 0.6 is 0 Å². The Hall–Kier alpha value is -4.12. The van der Waals surface area contributed by atoms with Crippen LogP contribution in [-0.2, 0) is 26.0 Å². The maximum absolute atomic E-state index is 13.5. The number of carbonyl (C=O) groups is 2. The molecule has 1 fully saturated rings. The Morgan fingerprint density at radius 2 is 1.56 bits per heavy atom. The minimum Gasteiger partial charge on any atom is -0.378 e. The molecule has 0 bridgehead atoms. The average Bonchev–Trinajstić information content (AvgIpc) is 2.91. The fourth-order valence-corrected chi connectivity index (χ4v) is 5.76. The molecule has 8 nitrogen and oxygen atoms in total. The summed E-state index contributed by atoms with van der Waals surface area (Å²) in [5.74, 6) is -1.48. The molecule has 0 saturated carbocycles. The van der Waals surface area contributed by atoms with E-state index in [1.165, 1.54) is 30.3 Å². The maximum Gasteiger partial charge on any atom is 0.251 e. The molecule has 4 aromatic carbocycles. The number of rotatable bonds is 9. The molecule has 1 saturated heterocycles. The molecule has 2 amide bonds. The number of hydrogen-bond acceptors (Lipinski definition) is 5. The zero-order valence-electron chi connectivity index (χ0n) is 20.8. The number of benzene rings is 4. The minimum atomic E-state index is -3.83. The number of halogens is 1. The first kappa shape index (κ1) is 26.5. The summed E-state index contributed by atoms with van der Waals surface area (Å²) in [6.07, 6.45) is 0.206. The predicted octanol–water partition coefficient (Wildman–Crippen LogP) is 3.64. The van der Waals surface area contributed by atoms with Crippen LogP contribution in [0.3, 0.4) is 0 Å². The summed E-state index contributed by atoms with van der Waals surface area (Å²) in [4.78, 5) is 26.5. The molecular weight excluding hydrogens is 521 g/mol. The molecule has 1 heterocycles. The van der Waals surface area contributed by atoms with E-state index in [2.05, 4.69) is 15.4 Å². The van der Waals surface area contributed by atoms with E-state index in [1.807, 2.05) is 30.3 Å². The first-order valence-electron chi connectivity index (χ1n) is 12.3. The van der Waals surface area contributed by atoms with Crippen LogP contribution < -0.4 is 15.4 Å². The van der Waals surface area contributed by atoms with Gasteiger partial charge in [0.1, 0.15) is 11.9 Å². The van der Waals surface area contributed by atoms with Crippen molar-refractivity contribution in [3.63, 3.8) is 0 Å². The van der Waals surface area contributed by atoms with Crippen LogP contribution in [-0.4, -0.2) is 45.5 Å². The fraction of sp³-hybridized carbons (Fsp3) is 0.172. The molecule has 0 radical (unpaired) electrons. The van der Waals surface area contributed by atoms with Crippen LogP contribution in [0.15, 0.2) is 95.9 Å². The van der Waals surface area contributed by atoms with E-state index in [9.17, 15) is 22.4 Å². The lowest BCUT2D eigenvalue weighted by Gasteiger charge is -2.26. The molecule has 39 heavy (non-hydrogen) atoms. The van der Waals surface area contributed by atoms with Crippen molar-refractivity contribution < 1.29 is 27.1 Å². The monoisotopic (exact) mass is 547 g/mol. The third-order valence-corrected chi connectivity index (χ3v) is 7.98. The molecule has 0 aromatic heterocycles. The molecule has 0 spiro atoms. The van der Waals surface area contributed by atoms with Crippen LogP contribution in [0.4, 0.5) is 10.1 Å². The van der Waals surface area contributed by atoms with Crippen LogP contribution in [0.25, 0.3) is 10.8 Å². The fourth-order valence-electron chi connectivity index (χ4n) is 4.33. The van der Waals surface area contributed by atoms with Crippen LogP contribution in [0.1, 0.15) is 15.9 Å². The van der Waals surface area contributed by atoms with Gasteiger partial charge in [0.25, 0.3) is 5.91 Å². The summed E-state index contributed by atoms with van der Waals surface area (Å²) in [7, 11) is -3.83. The van der Waals surface area contributed by atoms with Crippen molar-refractivity contribution in [2.45, 2.75) is 23.4 Å². The Kier molecular flexibility index (Phi) is 7.69. The number of fused-ring (bicyclic) bond motifs is 1. The molecule has 200 valence electrons. The highest BCUT2D eigenvalue weighted by atomic mass is 32.2. The second-order valence-corrected chi connectivity index (χ2v) is 10.9. The summed E-state index contributed by atoms with van der Waals surface area (Å²) >= 11 is 0. The first-order chi connectivity index (χ1) is 18.8. The van der Waals surface area contributed by atoms with Crippen molar-refractivity contribution >= 4 is 38.3 Å². The van der Waals surface area contributed by atoms with E-state index in [4.69, 9.17) is 4.74 Å². The van der Waals surface area contributed by atoms with E-state index in [-0.39, 0.29) is 22.9 Å². The van der Waals surface area contributed by atoms with E-state index in [0.29, 0.717) is 29.7 Å². The van der Waals surface area contributed by atoms with E-state index >= 15 is 0 Å². The molecule has 4 aromatic rings. The number of sulfonamides is 1. The van der Waals surface area contributed by atoms with Gasteiger partial charge in [-0.2, -0.15) is 0 Å². The van der Waals surface area contributed by atoms with Crippen molar-refractivity contribution in [1.82, 2.24) is 10.0 Å². The lowest BCUT2D eigenvalue weighted by molar-refractivity contribution is -0.118. The van der Waals surface area contributed by atoms with Crippen LogP contribution in [0, 0.1) is 5.82 Å². The number of nitrogens with one attached hydrogen (secondary N) is 3. The van der Waals surface area contributed by atoms with Crippen molar-refractivity contribution in [2.24, 2.45) is 0 Å². The quantitative estimate of drug-likeness (QED) is 0.296. The molecule has 0 aliphatic carbocycles. The Balaban J connectivity index is 1.42. The number of amides is 2. The lowest BCUT2D eigenvalue weighted by atomic mass is 10.0. The van der Waals surface area contributed by atoms with Crippen molar-refractivity contribution in [3.05, 3.63) is 108 Å². The standard InChI is InChI=1S/C29H26FN3O5S/c30-21-14-12-20(13-15-21)28(34)32-26(16-19-6-2-1-3-7-19)29(35)31-25-10-4-9-24-23(25)8-5-11-27(24)39(36,37)33-22-17-38-18-22/h1-15,22,26,33H,16-18H2,(H,31,35)(H,32,34)/t26-/m0/s1. The highest BCUT2D eigenvalue weighted by Gasteiger charge is 2.27. The predicted molar refractivity (Wildman–Crippen MR) is 145 cm³/mol. The number of hydrogen-bond donors (Lipinski definition) is 3. The summed E-state index contributed by atoms with van der Waals surface area (Å²) in [6, 6.07) is 22.9. The Labute approximate surface area is 225 Å². The summed E-state index contributed by atoms with van der Waals surface area (Å²) in [6.45, 7) is 0.634. The van der Waals surface area contributed by atoms with Gasteiger partial charge in [0, 0.05) is 28.4 Å². The van der Waals surface area contributed by atoms with Gasteiger partial charge in [0.15, 0.2) is 0 Å². The van der Waals surface area contributed by atoms with Gasteiger partial charge >= 0.3 is 0 Å². The molecule has 3 N–H and O–H groups in total. The highest BCUT2D eigenvalue weighted by molar-refractivity contribution is 7.89. The lowest BCUT2D eigenvalue weighted by Crippen LogP contribution is -2.48. The van der Waals surface area contributed by atoms with E-state index < -0.39 is 33.7 Å². The highest BCUT2D eigenvalue weighted by Crippen LogP contribution is 2.29. The van der Waals surface area contributed by atoms with Crippen molar-refractivity contribution in [2.75, 3.05) is 18.5 Å². The van der Waals surface area contributed by atoms with Gasteiger partial charge in [-0.1, -0.05) is 54.6 Å². The number of ether oxygens (including phenoxy) is 1. The Morgan fingerprint density at radius 3 is 2.26 bits per heavy atom. The zero-order valence-corrected chi connectivity index (χ0v) is 21.6. The normalized spacial score (nSPS) is 14.4. The van der Waals surface area contributed by atoms with Crippen molar-refractivity contribution in [3.8, 4) is 0 Å². The molecule has 10 heteroatoms. The summed E-state index contributed by atoms with van der Waals surface area (Å²) in [5.41, 5.74) is 1.44. The minimum absolute atomic E-state index is 0.0912. The SMILES string of the molecule is O=C(N[C@@H](Cc1ccccc1)C(=O)Nc1cccc2c(S(=O)(=O)NC3COC3)cccc12)c1ccc(F)cc1. The molecule has 1 aliphatic rings. The Morgan fingerprint density at radius 1 is 0.872 bits per heavy atom. The van der Waals surface area contributed by atoms with Crippen molar-refractivity contribution in [1.29, 1.82) is 0 Å². The van der Waals surface area contributed by atoms with E-state index in [0.717, 1.165) is 5.56 Å². The van der Waals surface area contributed by atoms with Gasteiger partial charge in [0.2, 0.25) is 15.9 Å². The Bertz CT molecular complexity index is 1610. The molecular formula is C29H26FN3O5S. The van der Waals surface area contributed by atoms with Gasteiger partial charge in [-0.05, 0) is 42.0 Å². The van der Waals surface area contributed by atoms with Gasteiger partial charge in [0.05, 0.1) is 24.2 Å². The molecule has 0 unspecified atom stereocenters. The summed E-state index contributed by atoms with van der Waals surface area (Å²) in [5, 5.41) is 6.58. The van der Waals surface area contributed by atoms with Crippen LogP contribution in [0.5, 0.6) is 0 Å². The van der Waals surface area contributed by atoms with Gasteiger partial charge in [-0.3, -0.25) is 9.59 Å². The topological polar surface area (TPSA) is 114 Å². The molecule has 5 rings (SSSR count). The first-order valence-corrected chi connectivity index (χ1v) is 13.8. The maximum atomic E-state index is 13.5. The second-order valence-electron chi connectivity index (χ2n) is 9.22. The third-order valence-electron chi connectivity index (χ3n) is 6.40. The van der Waals surface area contributed by atoms with Gasteiger partial charge in [-0.15, -0.1) is 0 Å². The third kappa shape index (κ3) is 6.14.